The fourth-order valence-electron chi connectivity index (χ4n) is 2.50. The van der Waals surface area contributed by atoms with Gasteiger partial charge in [-0.15, -0.1) is 10.2 Å². The number of nitrogens with one attached hydrogen (secondary N) is 1. The number of carbonyl (C=O) groups is 2. The minimum absolute atomic E-state index is 0.171. The van der Waals surface area contributed by atoms with Crippen molar-refractivity contribution in [2.45, 2.75) is 25.7 Å². The molecule has 1 aromatic rings. The molecule has 0 amide bonds. The SMILES string of the molecule is COC(=O)c1ccc(NCC2CCC(C(=O)O)CC2)nn1. The van der Waals surface area contributed by atoms with Crippen LogP contribution in [0.3, 0.4) is 0 Å². The lowest BCUT2D eigenvalue weighted by Gasteiger charge is -2.26. The molecule has 0 spiro atoms. The van der Waals surface area contributed by atoms with Crippen LogP contribution in [0.4, 0.5) is 5.82 Å². The topological polar surface area (TPSA) is 101 Å². The molecule has 7 nitrogen and oxygen atoms in total. The van der Waals surface area contributed by atoms with Crippen LogP contribution in [0.15, 0.2) is 12.1 Å². The van der Waals surface area contributed by atoms with Crippen LogP contribution < -0.4 is 5.32 Å². The number of aromatic nitrogens is 2. The number of ether oxygens (including phenoxy) is 1. The van der Waals surface area contributed by atoms with Crippen molar-refractivity contribution in [1.82, 2.24) is 10.2 Å². The van der Waals surface area contributed by atoms with Gasteiger partial charge in [-0.25, -0.2) is 4.79 Å². The van der Waals surface area contributed by atoms with Crippen molar-refractivity contribution in [3.05, 3.63) is 17.8 Å². The Morgan fingerprint density at radius 1 is 1.29 bits per heavy atom. The summed E-state index contributed by atoms with van der Waals surface area (Å²) in [6, 6.07) is 3.24. The third kappa shape index (κ3) is 4.14. The molecule has 0 aromatic carbocycles. The van der Waals surface area contributed by atoms with Gasteiger partial charge in [-0.1, -0.05) is 0 Å². The molecule has 0 radical (unpaired) electrons. The summed E-state index contributed by atoms with van der Waals surface area (Å²) in [6.07, 6.45) is 3.26. The molecule has 2 N–H and O–H groups in total. The Hall–Kier alpha value is -2.18. The number of rotatable bonds is 5. The van der Waals surface area contributed by atoms with Crippen LogP contribution in [-0.4, -0.2) is 40.9 Å². The summed E-state index contributed by atoms with van der Waals surface area (Å²) in [7, 11) is 1.30. The number of carboxylic acids is 1. The summed E-state index contributed by atoms with van der Waals surface area (Å²) < 4.78 is 4.55. The molecule has 7 heteroatoms. The Morgan fingerprint density at radius 2 is 2.00 bits per heavy atom. The second-order valence-corrected chi connectivity index (χ2v) is 5.23. The van der Waals surface area contributed by atoms with Gasteiger partial charge >= 0.3 is 11.9 Å². The summed E-state index contributed by atoms with van der Waals surface area (Å²) >= 11 is 0. The van der Waals surface area contributed by atoms with Gasteiger partial charge < -0.3 is 15.2 Å². The minimum Gasteiger partial charge on any atom is -0.481 e. The largest absolute Gasteiger partial charge is 0.481 e. The first-order valence-electron chi connectivity index (χ1n) is 6.99. The number of esters is 1. The number of aliphatic carboxylic acids is 1. The van der Waals surface area contributed by atoms with Gasteiger partial charge in [-0.05, 0) is 43.7 Å². The van der Waals surface area contributed by atoms with Gasteiger partial charge in [0.05, 0.1) is 13.0 Å². The van der Waals surface area contributed by atoms with Crippen LogP contribution in [0, 0.1) is 11.8 Å². The van der Waals surface area contributed by atoms with E-state index in [4.69, 9.17) is 5.11 Å². The minimum atomic E-state index is -0.689. The first-order valence-corrected chi connectivity index (χ1v) is 6.99. The summed E-state index contributed by atoms with van der Waals surface area (Å²) in [6.45, 7) is 0.735. The van der Waals surface area contributed by atoms with Crippen LogP contribution >= 0.6 is 0 Å². The van der Waals surface area contributed by atoms with E-state index in [1.807, 2.05) is 0 Å². The van der Waals surface area contributed by atoms with Crippen molar-refractivity contribution in [1.29, 1.82) is 0 Å². The molecule has 0 atom stereocenters. The Kier molecular flexibility index (Phi) is 5.08. The van der Waals surface area contributed by atoms with E-state index in [-0.39, 0.29) is 11.6 Å². The van der Waals surface area contributed by atoms with E-state index in [1.54, 1.807) is 12.1 Å². The van der Waals surface area contributed by atoms with Crippen molar-refractivity contribution < 1.29 is 19.4 Å². The maximum atomic E-state index is 11.2. The average molecular weight is 293 g/mol. The van der Waals surface area contributed by atoms with Crippen LogP contribution in [0.2, 0.25) is 0 Å². The first-order chi connectivity index (χ1) is 10.1. The molecule has 1 heterocycles. The van der Waals surface area contributed by atoms with Crippen LogP contribution in [-0.2, 0) is 9.53 Å². The number of carbonyl (C=O) groups excluding carboxylic acids is 1. The lowest BCUT2D eigenvalue weighted by atomic mass is 9.82. The molecule has 1 aromatic heterocycles. The quantitative estimate of drug-likeness (QED) is 0.794. The Morgan fingerprint density at radius 3 is 2.52 bits per heavy atom. The van der Waals surface area contributed by atoms with Gasteiger partial charge in [0.25, 0.3) is 0 Å². The van der Waals surface area contributed by atoms with E-state index in [1.165, 1.54) is 7.11 Å². The first kappa shape index (κ1) is 15.2. The van der Waals surface area contributed by atoms with E-state index in [9.17, 15) is 9.59 Å². The van der Waals surface area contributed by atoms with Crippen molar-refractivity contribution in [3.63, 3.8) is 0 Å². The summed E-state index contributed by atoms with van der Waals surface area (Å²) in [5.74, 6) is -0.349. The zero-order valence-corrected chi connectivity index (χ0v) is 11.9. The van der Waals surface area contributed by atoms with Gasteiger partial charge in [0.15, 0.2) is 5.69 Å². The molecule has 2 rings (SSSR count). The highest BCUT2D eigenvalue weighted by atomic mass is 16.5. The fraction of sp³-hybridized carbons (Fsp3) is 0.571. The standard InChI is InChI=1S/C14H19N3O4/c1-21-14(20)11-6-7-12(17-16-11)15-8-9-2-4-10(5-3-9)13(18)19/h6-7,9-10H,2-5,8H2,1H3,(H,15,17)(H,18,19). The molecule has 1 aliphatic rings. The second-order valence-electron chi connectivity index (χ2n) is 5.23. The lowest BCUT2D eigenvalue weighted by Crippen LogP contribution is -2.25. The van der Waals surface area contributed by atoms with Gasteiger partial charge in [-0.3, -0.25) is 4.79 Å². The summed E-state index contributed by atoms with van der Waals surface area (Å²) in [5.41, 5.74) is 0.171. The van der Waals surface area contributed by atoms with Gasteiger partial charge in [0, 0.05) is 6.54 Å². The predicted molar refractivity (Wildman–Crippen MR) is 74.9 cm³/mol. The fourth-order valence-corrected chi connectivity index (χ4v) is 2.50. The van der Waals surface area contributed by atoms with Crippen molar-refractivity contribution >= 4 is 17.8 Å². The van der Waals surface area contributed by atoms with E-state index in [2.05, 4.69) is 20.3 Å². The number of hydrogen-bond acceptors (Lipinski definition) is 6. The maximum Gasteiger partial charge on any atom is 0.358 e. The van der Waals surface area contributed by atoms with E-state index >= 15 is 0 Å². The van der Waals surface area contributed by atoms with Gasteiger partial charge in [0.2, 0.25) is 0 Å². The molecule has 1 saturated carbocycles. The zero-order chi connectivity index (χ0) is 15.2. The highest BCUT2D eigenvalue weighted by Gasteiger charge is 2.25. The smallest absolute Gasteiger partial charge is 0.358 e. The van der Waals surface area contributed by atoms with Crippen LogP contribution in [0.1, 0.15) is 36.2 Å². The van der Waals surface area contributed by atoms with Gasteiger partial charge in [-0.2, -0.15) is 0 Å². The van der Waals surface area contributed by atoms with Crippen LogP contribution in [0.5, 0.6) is 0 Å². The third-order valence-corrected chi connectivity index (χ3v) is 3.83. The third-order valence-electron chi connectivity index (χ3n) is 3.83. The molecule has 114 valence electrons. The normalized spacial score (nSPS) is 21.6. The molecule has 0 aliphatic heterocycles. The lowest BCUT2D eigenvalue weighted by molar-refractivity contribution is -0.143. The molecule has 1 fully saturated rings. The van der Waals surface area contributed by atoms with Gasteiger partial charge in [0.1, 0.15) is 5.82 Å². The number of hydrogen-bond donors (Lipinski definition) is 2. The molecule has 0 bridgehead atoms. The molecular weight excluding hydrogens is 274 g/mol. The Labute approximate surface area is 122 Å². The van der Waals surface area contributed by atoms with E-state index in [0.717, 1.165) is 32.2 Å². The average Bonchev–Trinajstić information content (AvgIpc) is 2.53. The van der Waals surface area contributed by atoms with Crippen molar-refractivity contribution in [3.8, 4) is 0 Å². The molecule has 1 aliphatic carbocycles. The molecule has 0 unspecified atom stereocenters. The van der Waals surface area contributed by atoms with Crippen molar-refractivity contribution in [2.24, 2.45) is 11.8 Å². The molecular formula is C14H19N3O4. The number of anilines is 1. The second kappa shape index (κ2) is 7.01. The predicted octanol–water partition coefficient (Wildman–Crippen LogP) is 1.57. The summed E-state index contributed by atoms with van der Waals surface area (Å²) in [4.78, 5) is 22.1. The van der Waals surface area contributed by atoms with Crippen LogP contribution in [0.25, 0.3) is 0 Å². The Bertz CT molecular complexity index is 495. The monoisotopic (exact) mass is 293 g/mol. The molecule has 0 saturated heterocycles. The number of methoxy groups -OCH3 is 1. The highest BCUT2D eigenvalue weighted by Crippen LogP contribution is 2.28. The Balaban J connectivity index is 1.79. The van der Waals surface area contributed by atoms with E-state index in [0.29, 0.717) is 11.7 Å². The maximum absolute atomic E-state index is 11.2. The summed E-state index contributed by atoms with van der Waals surface area (Å²) in [5, 5.41) is 19.8. The highest BCUT2D eigenvalue weighted by molar-refractivity contribution is 5.86. The molecule has 21 heavy (non-hydrogen) atoms. The van der Waals surface area contributed by atoms with E-state index < -0.39 is 11.9 Å². The zero-order valence-electron chi connectivity index (χ0n) is 11.9. The number of nitrogens with zero attached hydrogens (tertiary/aromatic N) is 2. The van der Waals surface area contributed by atoms with Crippen molar-refractivity contribution in [2.75, 3.05) is 19.0 Å². The number of carboxylic acid groups (broad SMARTS) is 1.